The minimum absolute atomic E-state index is 0.112. The Labute approximate surface area is 126 Å². The molecule has 0 aliphatic carbocycles. The summed E-state index contributed by atoms with van der Waals surface area (Å²) < 4.78 is 24.8. The first-order valence-electron chi connectivity index (χ1n) is 6.85. The molecule has 2 rings (SSSR count). The van der Waals surface area contributed by atoms with E-state index in [2.05, 4.69) is 0 Å². The van der Waals surface area contributed by atoms with Crippen LogP contribution in [-0.4, -0.2) is 20.7 Å². The third-order valence-corrected chi connectivity index (χ3v) is 4.88. The van der Waals surface area contributed by atoms with Gasteiger partial charge in [-0.1, -0.05) is 54.6 Å². The van der Waals surface area contributed by atoms with Crippen molar-refractivity contribution in [2.24, 2.45) is 5.73 Å². The van der Waals surface area contributed by atoms with Gasteiger partial charge in [-0.3, -0.25) is 0 Å². The van der Waals surface area contributed by atoms with Gasteiger partial charge in [0.15, 0.2) is 9.84 Å². The van der Waals surface area contributed by atoms with Gasteiger partial charge in [0, 0.05) is 6.54 Å². The summed E-state index contributed by atoms with van der Waals surface area (Å²) in [4.78, 5) is 0.359. The van der Waals surface area contributed by atoms with Crippen molar-refractivity contribution in [2.75, 3.05) is 12.3 Å². The van der Waals surface area contributed by atoms with Crippen molar-refractivity contribution in [3.63, 3.8) is 0 Å². The molecule has 4 heteroatoms. The van der Waals surface area contributed by atoms with Crippen molar-refractivity contribution in [2.45, 2.75) is 11.3 Å². The second kappa shape index (κ2) is 7.20. The Kier molecular flexibility index (Phi) is 5.31. The van der Waals surface area contributed by atoms with E-state index in [9.17, 15) is 8.42 Å². The summed E-state index contributed by atoms with van der Waals surface area (Å²) in [6.07, 6.45) is 4.15. The number of benzene rings is 2. The third-order valence-electron chi connectivity index (χ3n) is 3.17. The molecular formula is C17H19NO2S. The first-order chi connectivity index (χ1) is 10.1. The quantitative estimate of drug-likeness (QED) is 0.892. The lowest BCUT2D eigenvalue weighted by Gasteiger charge is -2.06. The topological polar surface area (TPSA) is 60.2 Å². The van der Waals surface area contributed by atoms with E-state index in [0.29, 0.717) is 17.9 Å². The summed E-state index contributed by atoms with van der Waals surface area (Å²) in [7, 11) is -3.27. The second-order valence-electron chi connectivity index (χ2n) is 4.77. The van der Waals surface area contributed by atoms with Crippen molar-refractivity contribution in [3.8, 4) is 0 Å². The predicted molar refractivity (Wildman–Crippen MR) is 86.7 cm³/mol. The Morgan fingerprint density at radius 3 is 2.48 bits per heavy atom. The van der Waals surface area contributed by atoms with E-state index < -0.39 is 9.84 Å². The first kappa shape index (κ1) is 15.5. The van der Waals surface area contributed by atoms with Crippen LogP contribution in [0.1, 0.15) is 11.1 Å². The van der Waals surface area contributed by atoms with Crippen LogP contribution in [0.25, 0.3) is 6.08 Å². The highest BCUT2D eigenvalue weighted by Crippen LogP contribution is 2.16. The Hall–Kier alpha value is -1.91. The summed E-state index contributed by atoms with van der Waals surface area (Å²) in [5, 5.41) is 0. The molecule has 0 fully saturated rings. The minimum Gasteiger partial charge on any atom is -0.327 e. The number of nitrogens with two attached hydrogens (primary N) is 1. The predicted octanol–water partition coefficient (Wildman–Crippen LogP) is 2.67. The first-order valence-corrected chi connectivity index (χ1v) is 8.50. The van der Waals surface area contributed by atoms with E-state index >= 15 is 0 Å². The number of hydrogen-bond donors (Lipinski definition) is 1. The standard InChI is InChI=1S/C17H19NO2S/c18-12-5-9-16-8-4-10-17(14-16)21(19,20)13-11-15-6-2-1-3-7-15/h1-10,14H,11-13,18H2/b9-5+. The Balaban J connectivity index is 2.14. The van der Waals surface area contributed by atoms with E-state index in [-0.39, 0.29) is 5.75 Å². The molecule has 0 heterocycles. The average Bonchev–Trinajstić information content (AvgIpc) is 2.52. The molecule has 0 aliphatic heterocycles. The molecule has 0 aromatic heterocycles. The maximum Gasteiger partial charge on any atom is 0.178 e. The lowest BCUT2D eigenvalue weighted by molar-refractivity contribution is 0.595. The van der Waals surface area contributed by atoms with Crippen LogP contribution >= 0.6 is 0 Å². The molecule has 0 bridgehead atoms. The van der Waals surface area contributed by atoms with Crippen LogP contribution in [0, 0.1) is 0 Å². The van der Waals surface area contributed by atoms with Gasteiger partial charge < -0.3 is 5.73 Å². The van der Waals surface area contributed by atoms with Gasteiger partial charge in [-0.25, -0.2) is 8.42 Å². The normalized spacial score (nSPS) is 11.9. The molecule has 0 unspecified atom stereocenters. The van der Waals surface area contributed by atoms with Crippen LogP contribution in [-0.2, 0) is 16.3 Å². The minimum atomic E-state index is -3.27. The number of rotatable bonds is 6. The molecule has 0 spiro atoms. The van der Waals surface area contributed by atoms with Gasteiger partial charge in [-0.2, -0.15) is 0 Å². The molecule has 0 aliphatic rings. The second-order valence-corrected chi connectivity index (χ2v) is 6.87. The molecule has 110 valence electrons. The highest BCUT2D eigenvalue weighted by atomic mass is 32.2. The zero-order valence-corrected chi connectivity index (χ0v) is 12.6. The van der Waals surface area contributed by atoms with Gasteiger partial charge in [0.05, 0.1) is 10.6 Å². The summed E-state index contributed by atoms with van der Waals surface area (Å²) in [6.45, 7) is 0.436. The zero-order valence-electron chi connectivity index (χ0n) is 11.8. The zero-order chi connectivity index (χ0) is 15.1. The summed E-state index contributed by atoms with van der Waals surface area (Å²) >= 11 is 0. The van der Waals surface area contributed by atoms with Crippen LogP contribution in [0.15, 0.2) is 65.6 Å². The SMILES string of the molecule is NC/C=C/c1cccc(S(=O)(=O)CCc2ccccc2)c1. The van der Waals surface area contributed by atoms with E-state index in [4.69, 9.17) is 5.73 Å². The summed E-state index contributed by atoms with van der Waals surface area (Å²) in [6, 6.07) is 16.6. The molecular weight excluding hydrogens is 282 g/mol. The van der Waals surface area contributed by atoms with Crippen LogP contribution in [0.3, 0.4) is 0 Å². The Morgan fingerprint density at radius 1 is 1.00 bits per heavy atom. The fourth-order valence-electron chi connectivity index (χ4n) is 2.03. The molecule has 0 atom stereocenters. The van der Waals surface area contributed by atoms with Crippen LogP contribution in [0.4, 0.5) is 0 Å². The van der Waals surface area contributed by atoms with Crippen molar-refractivity contribution < 1.29 is 8.42 Å². The van der Waals surface area contributed by atoms with Crippen LogP contribution in [0.5, 0.6) is 0 Å². The van der Waals surface area contributed by atoms with Crippen molar-refractivity contribution in [1.29, 1.82) is 0 Å². The van der Waals surface area contributed by atoms with Crippen molar-refractivity contribution in [3.05, 3.63) is 71.8 Å². The molecule has 0 saturated heterocycles. The van der Waals surface area contributed by atoms with Gasteiger partial charge >= 0.3 is 0 Å². The molecule has 2 aromatic carbocycles. The molecule has 2 N–H and O–H groups in total. The molecule has 3 nitrogen and oxygen atoms in total. The van der Waals surface area contributed by atoms with Crippen LogP contribution < -0.4 is 5.73 Å². The molecule has 2 aromatic rings. The number of sulfone groups is 1. The summed E-state index contributed by atoms with van der Waals surface area (Å²) in [5.41, 5.74) is 7.28. The van der Waals surface area contributed by atoms with Gasteiger partial charge in [0.2, 0.25) is 0 Å². The fourth-order valence-corrected chi connectivity index (χ4v) is 3.37. The highest BCUT2D eigenvalue weighted by Gasteiger charge is 2.14. The van der Waals surface area contributed by atoms with Gasteiger partial charge in [-0.15, -0.1) is 0 Å². The van der Waals surface area contributed by atoms with E-state index in [1.54, 1.807) is 24.3 Å². The van der Waals surface area contributed by atoms with Crippen molar-refractivity contribution in [1.82, 2.24) is 0 Å². The monoisotopic (exact) mass is 301 g/mol. The lowest BCUT2D eigenvalue weighted by Crippen LogP contribution is -2.09. The number of aryl methyl sites for hydroxylation is 1. The Bertz CT molecular complexity index is 707. The molecule has 0 saturated carbocycles. The van der Waals surface area contributed by atoms with E-state index in [1.165, 1.54) is 0 Å². The largest absolute Gasteiger partial charge is 0.327 e. The maximum atomic E-state index is 12.4. The Morgan fingerprint density at radius 2 is 1.76 bits per heavy atom. The summed E-state index contributed by atoms with van der Waals surface area (Å²) in [5.74, 6) is 0.112. The van der Waals surface area contributed by atoms with Gasteiger partial charge in [-0.05, 0) is 29.7 Å². The third kappa shape index (κ3) is 4.55. The highest BCUT2D eigenvalue weighted by molar-refractivity contribution is 7.91. The molecule has 0 radical (unpaired) electrons. The van der Waals surface area contributed by atoms with Gasteiger partial charge in [0.25, 0.3) is 0 Å². The molecule has 21 heavy (non-hydrogen) atoms. The molecule has 0 amide bonds. The number of hydrogen-bond acceptors (Lipinski definition) is 3. The van der Waals surface area contributed by atoms with Gasteiger partial charge in [0.1, 0.15) is 0 Å². The van der Waals surface area contributed by atoms with E-state index in [1.807, 2.05) is 42.5 Å². The van der Waals surface area contributed by atoms with Crippen LogP contribution in [0.2, 0.25) is 0 Å². The lowest BCUT2D eigenvalue weighted by atomic mass is 10.2. The average molecular weight is 301 g/mol. The fraction of sp³-hybridized carbons (Fsp3) is 0.176. The maximum absolute atomic E-state index is 12.4. The smallest absolute Gasteiger partial charge is 0.178 e. The van der Waals surface area contributed by atoms with Crippen molar-refractivity contribution >= 4 is 15.9 Å². The van der Waals surface area contributed by atoms with E-state index in [0.717, 1.165) is 11.1 Å².